The molecule has 1 fully saturated rings. The van der Waals surface area contributed by atoms with Crippen molar-refractivity contribution >= 4 is 17.2 Å². The van der Waals surface area contributed by atoms with Crippen LogP contribution in [0.25, 0.3) is 10.6 Å². The molecule has 1 amide bonds. The molecule has 1 unspecified atom stereocenters. The van der Waals surface area contributed by atoms with Gasteiger partial charge in [0.2, 0.25) is 5.91 Å². The van der Waals surface area contributed by atoms with Gasteiger partial charge in [-0.25, -0.2) is 4.98 Å². The average molecular weight is 358 g/mol. The Bertz CT molecular complexity index is 700. The van der Waals surface area contributed by atoms with Gasteiger partial charge in [0.05, 0.1) is 12.1 Å². The molecule has 5 heteroatoms. The second-order valence-electron chi connectivity index (χ2n) is 6.95. The second kappa shape index (κ2) is 8.11. The molecule has 1 saturated heterocycles. The van der Waals surface area contributed by atoms with E-state index in [1.165, 1.54) is 5.56 Å². The minimum absolute atomic E-state index is 0.182. The molecule has 0 aliphatic carbocycles. The van der Waals surface area contributed by atoms with Gasteiger partial charge in [0.1, 0.15) is 5.01 Å². The topological polar surface area (TPSA) is 59.2 Å². The van der Waals surface area contributed by atoms with Gasteiger partial charge in [-0.3, -0.25) is 4.79 Å². The first-order valence-electron chi connectivity index (χ1n) is 9.14. The van der Waals surface area contributed by atoms with Crippen molar-refractivity contribution in [1.29, 1.82) is 0 Å². The highest BCUT2D eigenvalue weighted by molar-refractivity contribution is 7.13. The number of aryl methyl sites for hydroxylation is 1. The molecule has 1 aromatic carbocycles. The van der Waals surface area contributed by atoms with Crippen molar-refractivity contribution in [3.05, 3.63) is 40.9 Å². The van der Waals surface area contributed by atoms with Crippen LogP contribution in [0.4, 0.5) is 0 Å². The number of benzene rings is 1. The normalized spacial score (nSPS) is 16.8. The number of amides is 1. The summed E-state index contributed by atoms with van der Waals surface area (Å²) in [5, 5.41) is 3.00. The summed E-state index contributed by atoms with van der Waals surface area (Å²) >= 11 is 1.61. The van der Waals surface area contributed by atoms with Crippen LogP contribution in [0.3, 0.4) is 0 Å². The van der Waals surface area contributed by atoms with E-state index in [9.17, 15) is 4.79 Å². The molecule has 134 valence electrons. The monoisotopic (exact) mass is 357 g/mol. The van der Waals surface area contributed by atoms with Crippen molar-refractivity contribution in [3.63, 3.8) is 0 Å². The smallest absolute Gasteiger partial charge is 0.228 e. The molecule has 2 N–H and O–H groups in total. The molecular formula is C20H27N3OS. The lowest BCUT2D eigenvalue weighted by molar-refractivity contribution is -0.132. The maximum absolute atomic E-state index is 12.5. The molecular weight excluding hydrogens is 330 g/mol. The van der Waals surface area contributed by atoms with E-state index >= 15 is 0 Å². The minimum atomic E-state index is 0.182. The molecule has 0 radical (unpaired) electrons. The summed E-state index contributed by atoms with van der Waals surface area (Å²) in [6.45, 7) is 5.85. The van der Waals surface area contributed by atoms with Gasteiger partial charge in [0.15, 0.2) is 0 Å². The van der Waals surface area contributed by atoms with Crippen LogP contribution in [0, 0.1) is 5.92 Å². The number of nitrogens with zero attached hydrogens (tertiary/aromatic N) is 2. The van der Waals surface area contributed by atoms with Gasteiger partial charge in [-0.05, 0) is 37.7 Å². The van der Waals surface area contributed by atoms with Gasteiger partial charge >= 0.3 is 0 Å². The van der Waals surface area contributed by atoms with Crippen molar-refractivity contribution in [2.45, 2.75) is 45.6 Å². The Morgan fingerprint density at radius 2 is 2.00 bits per heavy atom. The predicted molar refractivity (Wildman–Crippen MR) is 104 cm³/mol. The maximum atomic E-state index is 12.5. The molecule has 1 aliphatic rings. The highest BCUT2D eigenvalue weighted by Crippen LogP contribution is 2.25. The summed E-state index contributed by atoms with van der Waals surface area (Å²) in [6, 6.07) is 8.73. The molecule has 3 rings (SSSR count). The molecule has 2 heterocycles. The zero-order chi connectivity index (χ0) is 17.8. The van der Waals surface area contributed by atoms with Crippen molar-refractivity contribution in [2.75, 3.05) is 13.1 Å². The highest BCUT2D eigenvalue weighted by atomic mass is 32.1. The first-order valence-corrected chi connectivity index (χ1v) is 10.0. The summed E-state index contributed by atoms with van der Waals surface area (Å²) in [4.78, 5) is 19.2. The standard InChI is InChI=1S/C20H27N3OS/c1-3-15-4-6-17(7-5-15)20-22-18(13-25-20)12-19(24)23-10-8-16(9-11-23)14(2)21/h4-7,13-14,16H,3,8-12,21H2,1-2H3. The third kappa shape index (κ3) is 4.47. The van der Waals surface area contributed by atoms with Gasteiger partial charge in [-0.15, -0.1) is 11.3 Å². The summed E-state index contributed by atoms with van der Waals surface area (Å²) < 4.78 is 0. The quantitative estimate of drug-likeness (QED) is 0.891. The Balaban J connectivity index is 1.58. The zero-order valence-corrected chi connectivity index (χ0v) is 15.9. The average Bonchev–Trinajstić information content (AvgIpc) is 3.10. The molecule has 0 spiro atoms. The van der Waals surface area contributed by atoms with E-state index in [1.807, 2.05) is 10.3 Å². The van der Waals surface area contributed by atoms with E-state index < -0.39 is 0 Å². The van der Waals surface area contributed by atoms with Crippen LogP contribution >= 0.6 is 11.3 Å². The number of aromatic nitrogens is 1. The number of carbonyl (C=O) groups excluding carboxylic acids is 1. The van der Waals surface area contributed by atoms with Crippen LogP contribution in [0.5, 0.6) is 0 Å². The predicted octanol–water partition coefficient (Wildman–Crippen LogP) is 3.50. The molecule has 25 heavy (non-hydrogen) atoms. The Labute approximate surface area is 154 Å². The fraction of sp³-hybridized carbons (Fsp3) is 0.500. The third-order valence-electron chi connectivity index (χ3n) is 5.13. The first kappa shape index (κ1) is 18.1. The lowest BCUT2D eigenvalue weighted by Gasteiger charge is -2.33. The van der Waals surface area contributed by atoms with E-state index in [-0.39, 0.29) is 11.9 Å². The Morgan fingerprint density at radius 3 is 2.60 bits per heavy atom. The fourth-order valence-corrected chi connectivity index (χ4v) is 4.17. The summed E-state index contributed by atoms with van der Waals surface area (Å²) in [6.07, 6.45) is 3.45. The summed E-state index contributed by atoms with van der Waals surface area (Å²) in [5.74, 6) is 0.724. The van der Waals surface area contributed by atoms with Crippen molar-refractivity contribution in [3.8, 4) is 10.6 Å². The number of hydrogen-bond acceptors (Lipinski definition) is 4. The van der Waals surface area contributed by atoms with Gasteiger partial charge in [0.25, 0.3) is 0 Å². The number of hydrogen-bond donors (Lipinski definition) is 1. The Kier molecular flexibility index (Phi) is 5.86. The molecule has 1 aromatic heterocycles. The van der Waals surface area contributed by atoms with Crippen molar-refractivity contribution in [2.24, 2.45) is 11.7 Å². The van der Waals surface area contributed by atoms with E-state index in [0.717, 1.165) is 48.6 Å². The lowest BCUT2D eigenvalue weighted by Crippen LogP contribution is -2.43. The van der Waals surface area contributed by atoms with Crippen LogP contribution in [0.15, 0.2) is 29.6 Å². The molecule has 2 aromatic rings. The first-order chi connectivity index (χ1) is 12.1. The van der Waals surface area contributed by atoms with Gasteiger partial charge in [-0.1, -0.05) is 31.2 Å². The molecule has 0 bridgehead atoms. The number of likely N-dealkylation sites (tertiary alicyclic amines) is 1. The van der Waals surface area contributed by atoms with Gasteiger partial charge in [0, 0.05) is 30.1 Å². The second-order valence-corrected chi connectivity index (χ2v) is 7.81. The fourth-order valence-electron chi connectivity index (χ4n) is 3.35. The van der Waals surface area contributed by atoms with Crippen molar-refractivity contribution in [1.82, 2.24) is 9.88 Å². The van der Waals surface area contributed by atoms with Crippen LogP contribution in [-0.2, 0) is 17.6 Å². The number of nitrogens with two attached hydrogens (primary N) is 1. The van der Waals surface area contributed by atoms with Crippen LogP contribution in [0.2, 0.25) is 0 Å². The van der Waals surface area contributed by atoms with Crippen LogP contribution < -0.4 is 5.73 Å². The molecule has 0 saturated carbocycles. The van der Waals surface area contributed by atoms with Gasteiger partial charge in [-0.2, -0.15) is 0 Å². The third-order valence-corrected chi connectivity index (χ3v) is 6.07. The highest BCUT2D eigenvalue weighted by Gasteiger charge is 2.25. The SMILES string of the molecule is CCc1ccc(-c2nc(CC(=O)N3CCC(C(C)N)CC3)cs2)cc1. The number of carbonyl (C=O) groups is 1. The Morgan fingerprint density at radius 1 is 1.32 bits per heavy atom. The number of piperidine rings is 1. The number of thiazole rings is 1. The largest absolute Gasteiger partial charge is 0.342 e. The summed E-state index contributed by atoms with van der Waals surface area (Å²) in [7, 11) is 0. The summed E-state index contributed by atoms with van der Waals surface area (Å²) in [5.41, 5.74) is 9.30. The maximum Gasteiger partial charge on any atom is 0.228 e. The molecule has 4 nitrogen and oxygen atoms in total. The van der Waals surface area contributed by atoms with E-state index in [2.05, 4.69) is 43.1 Å². The van der Waals surface area contributed by atoms with Crippen LogP contribution in [0.1, 0.15) is 37.9 Å². The molecule has 1 atom stereocenters. The zero-order valence-electron chi connectivity index (χ0n) is 15.1. The van der Waals surface area contributed by atoms with E-state index in [4.69, 9.17) is 5.73 Å². The lowest BCUT2D eigenvalue weighted by atomic mass is 9.91. The Hall–Kier alpha value is -1.72. The minimum Gasteiger partial charge on any atom is -0.342 e. The van der Waals surface area contributed by atoms with E-state index in [1.54, 1.807) is 11.3 Å². The van der Waals surface area contributed by atoms with Crippen molar-refractivity contribution < 1.29 is 4.79 Å². The van der Waals surface area contributed by atoms with Gasteiger partial charge < -0.3 is 10.6 Å². The number of rotatable bonds is 5. The van der Waals surface area contributed by atoms with Crippen LogP contribution in [-0.4, -0.2) is 34.9 Å². The van der Waals surface area contributed by atoms with E-state index in [0.29, 0.717) is 12.3 Å². The molecule has 1 aliphatic heterocycles.